The number of likely N-dealkylation sites (tertiary alicyclic amines) is 1. The second-order valence-corrected chi connectivity index (χ2v) is 6.50. The number of rotatable bonds is 7. The number of hydrogen-bond acceptors (Lipinski definition) is 4. The number of carbonyl (C=O) groups is 3. The summed E-state index contributed by atoms with van der Waals surface area (Å²) in [6, 6.07) is 8.58. The fourth-order valence-corrected chi connectivity index (χ4v) is 3.06. The van der Waals surface area contributed by atoms with Gasteiger partial charge in [-0.15, -0.1) is 0 Å². The van der Waals surface area contributed by atoms with Crippen LogP contribution in [0.2, 0.25) is 0 Å². The fourth-order valence-electron chi connectivity index (χ4n) is 3.06. The molecule has 7 nitrogen and oxygen atoms in total. The van der Waals surface area contributed by atoms with Gasteiger partial charge in [0.05, 0.1) is 5.56 Å². The number of nitrogens with two attached hydrogens (primary N) is 1. The third-order valence-electron chi connectivity index (χ3n) is 4.56. The summed E-state index contributed by atoms with van der Waals surface area (Å²) in [4.78, 5) is 41.0. The zero-order valence-electron chi connectivity index (χ0n) is 15.0. The molecule has 0 radical (unpaired) electrons. The topological polar surface area (TPSA) is 105 Å². The number of nitrogens with one attached hydrogen (secondary N) is 1. The van der Waals surface area contributed by atoms with Crippen molar-refractivity contribution in [2.75, 3.05) is 19.6 Å². The molecule has 0 bridgehead atoms. The Morgan fingerprint density at radius 2 is 1.89 bits per heavy atom. The van der Waals surface area contributed by atoms with E-state index in [0.717, 1.165) is 30.5 Å². The van der Waals surface area contributed by atoms with Gasteiger partial charge in [-0.25, -0.2) is 0 Å². The summed E-state index contributed by atoms with van der Waals surface area (Å²) >= 11 is 0. The lowest BCUT2D eigenvalue weighted by atomic mass is 10.0. The smallest absolute Gasteiger partial charge is 0.252 e. The van der Waals surface area contributed by atoms with Crippen LogP contribution in [0.25, 0.3) is 11.1 Å². The predicted octanol–water partition coefficient (Wildman–Crippen LogP) is 1.59. The average Bonchev–Trinajstić information content (AvgIpc) is 3.10. The molecule has 0 spiro atoms. The van der Waals surface area contributed by atoms with E-state index in [2.05, 4.69) is 10.3 Å². The first-order valence-corrected chi connectivity index (χ1v) is 8.96. The van der Waals surface area contributed by atoms with Crippen LogP contribution in [0.3, 0.4) is 0 Å². The number of primary amides is 1. The molecule has 27 heavy (non-hydrogen) atoms. The van der Waals surface area contributed by atoms with Gasteiger partial charge in [0, 0.05) is 49.6 Å². The van der Waals surface area contributed by atoms with Crippen molar-refractivity contribution >= 4 is 17.7 Å². The van der Waals surface area contributed by atoms with Gasteiger partial charge < -0.3 is 16.0 Å². The molecule has 0 atom stereocenters. The molecule has 1 aromatic heterocycles. The second-order valence-electron chi connectivity index (χ2n) is 6.50. The van der Waals surface area contributed by atoms with E-state index >= 15 is 0 Å². The van der Waals surface area contributed by atoms with Crippen LogP contribution < -0.4 is 11.1 Å². The highest BCUT2D eigenvalue weighted by Crippen LogP contribution is 2.20. The van der Waals surface area contributed by atoms with Crippen LogP contribution in [0.15, 0.2) is 42.7 Å². The molecule has 140 valence electrons. The van der Waals surface area contributed by atoms with Gasteiger partial charge in [-0.05, 0) is 36.6 Å². The maximum absolute atomic E-state index is 12.3. The molecule has 7 heteroatoms. The molecule has 2 aromatic rings. The molecule has 1 fully saturated rings. The number of hydrogen-bond donors (Lipinski definition) is 2. The van der Waals surface area contributed by atoms with Gasteiger partial charge in [-0.3, -0.25) is 19.4 Å². The van der Waals surface area contributed by atoms with Crippen LogP contribution in [0.4, 0.5) is 0 Å². The van der Waals surface area contributed by atoms with E-state index in [9.17, 15) is 14.4 Å². The highest BCUT2D eigenvalue weighted by Gasteiger charge is 2.19. The second kappa shape index (κ2) is 8.44. The van der Waals surface area contributed by atoms with Crippen molar-refractivity contribution in [2.24, 2.45) is 5.73 Å². The summed E-state index contributed by atoms with van der Waals surface area (Å²) < 4.78 is 0. The highest BCUT2D eigenvalue weighted by atomic mass is 16.2. The van der Waals surface area contributed by atoms with Crippen molar-refractivity contribution in [2.45, 2.75) is 19.3 Å². The van der Waals surface area contributed by atoms with E-state index in [1.807, 2.05) is 4.90 Å². The Morgan fingerprint density at radius 1 is 1.11 bits per heavy atom. The van der Waals surface area contributed by atoms with Crippen LogP contribution in [0.5, 0.6) is 0 Å². The van der Waals surface area contributed by atoms with Gasteiger partial charge in [-0.2, -0.15) is 0 Å². The number of amides is 3. The molecule has 1 aromatic carbocycles. The van der Waals surface area contributed by atoms with E-state index in [1.54, 1.807) is 36.5 Å². The van der Waals surface area contributed by atoms with E-state index in [-0.39, 0.29) is 11.8 Å². The first-order chi connectivity index (χ1) is 13.0. The minimum atomic E-state index is -0.483. The van der Waals surface area contributed by atoms with Crippen LogP contribution >= 0.6 is 0 Å². The lowest BCUT2D eigenvalue weighted by Gasteiger charge is -2.15. The normalized spacial score (nSPS) is 13.6. The van der Waals surface area contributed by atoms with Gasteiger partial charge in [0.1, 0.15) is 0 Å². The summed E-state index contributed by atoms with van der Waals surface area (Å²) in [5.41, 5.74) is 7.76. The molecule has 1 aliphatic rings. The Labute approximate surface area is 157 Å². The zero-order chi connectivity index (χ0) is 19.2. The summed E-state index contributed by atoms with van der Waals surface area (Å²) in [5, 5.41) is 2.86. The monoisotopic (exact) mass is 366 g/mol. The molecule has 3 rings (SSSR count). The Balaban J connectivity index is 1.56. The van der Waals surface area contributed by atoms with E-state index in [1.165, 1.54) is 6.20 Å². The highest BCUT2D eigenvalue weighted by molar-refractivity contribution is 5.95. The zero-order valence-corrected chi connectivity index (χ0v) is 15.0. The largest absolute Gasteiger partial charge is 0.366 e. The number of aromatic nitrogens is 1. The molecule has 3 amide bonds. The summed E-state index contributed by atoms with van der Waals surface area (Å²) in [6.07, 6.45) is 5.45. The van der Waals surface area contributed by atoms with Crippen molar-refractivity contribution in [1.29, 1.82) is 0 Å². The van der Waals surface area contributed by atoms with E-state index in [0.29, 0.717) is 30.6 Å². The molecule has 1 aliphatic heterocycles. The van der Waals surface area contributed by atoms with E-state index in [4.69, 9.17) is 5.73 Å². The first kappa shape index (κ1) is 18.6. The molecule has 2 heterocycles. The lowest BCUT2D eigenvalue weighted by Crippen LogP contribution is -2.30. The maximum Gasteiger partial charge on any atom is 0.252 e. The molecule has 3 N–H and O–H groups in total. The number of pyridine rings is 1. The van der Waals surface area contributed by atoms with Crippen molar-refractivity contribution < 1.29 is 14.4 Å². The van der Waals surface area contributed by atoms with Crippen LogP contribution in [-0.4, -0.2) is 47.2 Å². The molecular formula is C20H22N4O3. The SMILES string of the molecule is NC(=O)c1ccc(-c2cncc(C(=O)NCCCN3CCCC3=O)c2)cc1. The van der Waals surface area contributed by atoms with Crippen molar-refractivity contribution in [3.8, 4) is 11.1 Å². The van der Waals surface area contributed by atoms with Crippen molar-refractivity contribution in [3.63, 3.8) is 0 Å². The minimum Gasteiger partial charge on any atom is -0.366 e. The van der Waals surface area contributed by atoms with Gasteiger partial charge in [-0.1, -0.05) is 12.1 Å². The Bertz CT molecular complexity index is 849. The quantitative estimate of drug-likeness (QED) is 0.726. The van der Waals surface area contributed by atoms with Gasteiger partial charge >= 0.3 is 0 Å². The minimum absolute atomic E-state index is 0.195. The molecule has 0 unspecified atom stereocenters. The third-order valence-corrected chi connectivity index (χ3v) is 4.56. The summed E-state index contributed by atoms with van der Waals surface area (Å²) in [5.74, 6) is -0.491. The summed E-state index contributed by atoms with van der Waals surface area (Å²) in [6.45, 7) is 1.98. The Kier molecular flexibility index (Phi) is 5.80. The van der Waals surface area contributed by atoms with E-state index < -0.39 is 5.91 Å². The van der Waals surface area contributed by atoms with Gasteiger partial charge in [0.2, 0.25) is 11.8 Å². The Morgan fingerprint density at radius 3 is 2.56 bits per heavy atom. The standard InChI is InChI=1S/C20H22N4O3/c21-19(26)15-6-4-14(5-7-15)16-11-17(13-22-12-16)20(27)23-8-2-10-24-9-1-3-18(24)25/h4-7,11-13H,1-3,8-10H2,(H2,21,26)(H,23,27). The van der Waals surface area contributed by atoms with Crippen molar-refractivity contribution in [3.05, 3.63) is 53.9 Å². The fraction of sp³-hybridized carbons (Fsp3) is 0.300. The molecule has 0 saturated carbocycles. The number of carbonyl (C=O) groups excluding carboxylic acids is 3. The van der Waals surface area contributed by atoms with Crippen LogP contribution in [0, 0.1) is 0 Å². The number of nitrogens with zero attached hydrogens (tertiary/aromatic N) is 2. The lowest BCUT2D eigenvalue weighted by molar-refractivity contribution is -0.127. The number of benzene rings is 1. The first-order valence-electron chi connectivity index (χ1n) is 8.96. The maximum atomic E-state index is 12.3. The third kappa shape index (κ3) is 4.69. The molecular weight excluding hydrogens is 344 g/mol. The average molecular weight is 366 g/mol. The van der Waals surface area contributed by atoms with Gasteiger partial charge in [0.25, 0.3) is 5.91 Å². The van der Waals surface area contributed by atoms with Crippen LogP contribution in [-0.2, 0) is 4.79 Å². The predicted molar refractivity (Wildman–Crippen MR) is 101 cm³/mol. The molecule has 0 aliphatic carbocycles. The Hall–Kier alpha value is -3.22. The molecule has 1 saturated heterocycles. The summed E-state index contributed by atoms with van der Waals surface area (Å²) in [7, 11) is 0. The van der Waals surface area contributed by atoms with Crippen molar-refractivity contribution in [1.82, 2.24) is 15.2 Å². The van der Waals surface area contributed by atoms with Gasteiger partial charge in [0.15, 0.2) is 0 Å². The van der Waals surface area contributed by atoms with Crippen LogP contribution in [0.1, 0.15) is 40.0 Å².